The van der Waals surface area contributed by atoms with Gasteiger partial charge in [-0.25, -0.2) is 0 Å². The second-order valence-electron chi connectivity index (χ2n) is 7.48. The van der Waals surface area contributed by atoms with Crippen molar-refractivity contribution in [3.8, 4) is 16.9 Å². The predicted molar refractivity (Wildman–Crippen MR) is 118 cm³/mol. The van der Waals surface area contributed by atoms with E-state index in [9.17, 15) is 4.79 Å². The number of fused-ring (bicyclic) bond motifs is 1. The number of aromatic nitrogens is 2. The molecule has 0 aliphatic heterocycles. The maximum atomic E-state index is 11.0. The standard InChI is InChI=1S/C25H24N2O3/c1-17-2-4-18(5-3-17)12-13-30-24-10-6-19(7-11-25(28)29)14-22(24)20-8-9-23-21(15-20)16-26-27-23/h2-6,8-10,14-16H,7,11-13H2,1H3,(H,26,27)(H,28,29). The van der Waals surface area contributed by atoms with E-state index in [0.29, 0.717) is 13.0 Å². The summed E-state index contributed by atoms with van der Waals surface area (Å²) in [6.07, 6.45) is 3.21. The minimum atomic E-state index is -0.796. The van der Waals surface area contributed by atoms with Crippen molar-refractivity contribution in [3.05, 3.63) is 83.6 Å². The van der Waals surface area contributed by atoms with E-state index >= 15 is 0 Å². The fraction of sp³-hybridized carbons (Fsp3) is 0.200. The van der Waals surface area contributed by atoms with Gasteiger partial charge in [0.2, 0.25) is 0 Å². The number of aromatic amines is 1. The minimum Gasteiger partial charge on any atom is -0.493 e. The maximum absolute atomic E-state index is 11.0. The van der Waals surface area contributed by atoms with Gasteiger partial charge in [-0.3, -0.25) is 9.89 Å². The topological polar surface area (TPSA) is 75.2 Å². The monoisotopic (exact) mass is 400 g/mol. The lowest BCUT2D eigenvalue weighted by molar-refractivity contribution is -0.136. The SMILES string of the molecule is Cc1ccc(CCOc2ccc(CCC(=O)O)cc2-c2ccc3[nH]ncc3c2)cc1. The molecule has 3 aromatic carbocycles. The third-order valence-electron chi connectivity index (χ3n) is 5.19. The summed E-state index contributed by atoms with van der Waals surface area (Å²) in [4.78, 5) is 11.0. The molecule has 0 saturated carbocycles. The van der Waals surface area contributed by atoms with E-state index in [0.717, 1.165) is 39.8 Å². The van der Waals surface area contributed by atoms with Crippen LogP contribution in [0.1, 0.15) is 23.1 Å². The molecule has 0 saturated heterocycles. The van der Waals surface area contributed by atoms with Crippen LogP contribution in [-0.4, -0.2) is 27.9 Å². The Morgan fingerprint density at radius 1 is 1.00 bits per heavy atom. The molecule has 0 amide bonds. The van der Waals surface area contributed by atoms with E-state index < -0.39 is 5.97 Å². The zero-order valence-electron chi connectivity index (χ0n) is 16.9. The Kier molecular flexibility index (Phi) is 5.80. The molecule has 4 aromatic rings. The van der Waals surface area contributed by atoms with Crippen molar-refractivity contribution in [3.63, 3.8) is 0 Å². The van der Waals surface area contributed by atoms with Gasteiger partial charge in [0.25, 0.3) is 0 Å². The van der Waals surface area contributed by atoms with Crippen molar-refractivity contribution in [1.29, 1.82) is 0 Å². The largest absolute Gasteiger partial charge is 0.493 e. The summed E-state index contributed by atoms with van der Waals surface area (Å²) in [7, 11) is 0. The molecule has 2 N–H and O–H groups in total. The Morgan fingerprint density at radius 3 is 2.60 bits per heavy atom. The molecular formula is C25H24N2O3. The van der Waals surface area contributed by atoms with Gasteiger partial charge in [0.15, 0.2) is 0 Å². The maximum Gasteiger partial charge on any atom is 0.303 e. The summed E-state index contributed by atoms with van der Waals surface area (Å²) in [6, 6.07) is 20.5. The Bertz CT molecular complexity index is 1160. The van der Waals surface area contributed by atoms with Crippen LogP contribution in [0.4, 0.5) is 0 Å². The average Bonchev–Trinajstić information content (AvgIpc) is 3.22. The van der Waals surface area contributed by atoms with Crippen LogP contribution in [0, 0.1) is 6.92 Å². The van der Waals surface area contributed by atoms with Crippen LogP contribution in [0.15, 0.2) is 66.9 Å². The second kappa shape index (κ2) is 8.82. The van der Waals surface area contributed by atoms with Crippen LogP contribution in [0.25, 0.3) is 22.0 Å². The van der Waals surface area contributed by atoms with Crippen molar-refractivity contribution in [2.75, 3.05) is 6.61 Å². The molecule has 0 unspecified atom stereocenters. The number of nitrogens with zero attached hydrogens (tertiary/aromatic N) is 1. The number of H-pyrrole nitrogens is 1. The van der Waals surface area contributed by atoms with E-state index in [1.54, 1.807) is 6.20 Å². The lowest BCUT2D eigenvalue weighted by Crippen LogP contribution is -2.03. The molecule has 152 valence electrons. The molecule has 4 rings (SSSR count). The van der Waals surface area contributed by atoms with Gasteiger partial charge < -0.3 is 9.84 Å². The molecule has 0 radical (unpaired) electrons. The lowest BCUT2D eigenvalue weighted by atomic mass is 9.99. The molecule has 0 aliphatic rings. The van der Waals surface area contributed by atoms with Crippen molar-refractivity contribution in [2.24, 2.45) is 0 Å². The number of hydrogen-bond acceptors (Lipinski definition) is 3. The molecule has 0 atom stereocenters. The van der Waals surface area contributed by atoms with Crippen molar-refractivity contribution in [1.82, 2.24) is 10.2 Å². The summed E-state index contributed by atoms with van der Waals surface area (Å²) in [5, 5.41) is 17.1. The van der Waals surface area contributed by atoms with Crippen LogP contribution in [0.5, 0.6) is 5.75 Å². The van der Waals surface area contributed by atoms with Gasteiger partial charge in [-0.1, -0.05) is 42.0 Å². The third-order valence-corrected chi connectivity index (χ3v) is 5.19. The fourth-order valence-electron chi connectivity index (χ4n) is 3.48. The number of ether oxygens (including phenoxy) is 1. The summed E-state index contributed by atoms with van der Waals surface area (Å²) >= 11 is 0. The van der Waals surface area contributed by atoms with Crippen LogP contribution in [-0.2, 0) is 17.6 Å². The molecule has 5 heteroatoms. The summed E-state index contributed by atoms with van der Waals surface area (Å²) in [5.41, 5.74) is 6.41. The van der Waals surface area contributed by atoms with Crippen LogP contribution in [0.3, 0.4) is 0 Å². The smallest absolute Gasteiger partial charge is 0.303 e. The first-order valence-electron chi connectivity index (χ1n) is 10.0. The molecule has 5 nitrogen and oxygen atoms in total. The van der Waals surface area contributed by atoms with Crippen LogP contribution < -0.4 is 4.74 Å². The number of nitrogens with one attached hydrogen (secondary N) is 1. The number of aliphatic carboxylic acids is 1. The number of benzene rings is 3. The fourth-order valence-corrected chi connectivity index (χ4v) is 3.48. The summed E-state index contributed by atoms with van der Waals surface area (Å²) in [5.74, 6) is -0.00109. The zero-order chi connectivity index (χ0) is 20.9. The Morgan fingerprint density at radius 2 is 1.80 bits per heavy atom. The van der Waals surface area contributed by atoms with E-state index in [4.69, 9.17) is 9.84 Å². The van der Waals surface area contributed by atoms with Gasteiger partial charge in [0.05, 0.1) is 18.3 Å². The number of rotatable bonds is 8. The highest BCUT2D eigenvalue weighted by atomic mass is 16.5. The first-order valence-corrected chi connectivity index (χ1v) is 10.0. The van der Waals surface area contributed by atoms with Gasteiger partial charge in [-0.05, 0) is 54.3 Å². The number of carboxylic acids is 1. The third kappa shape index (κ3) is 4.69. The lowest BCUT2D eigenvalue weighted by Gasteiger charge is -2.14. The average molecular weight is 400 g/mol. The molecule has 1 aromatic heterocycles. The van der Waals surface area contributed by atoms with E-state index in [-0.39, 0.29) is 6.42 Å². The van der Waals surface area contributed by atoms with E-state index in [1.165, 1.54) is 11.1 Å². The molecule has 0 bridgehead atoms. The number of aryl methyl sites for hydroxylation is 2. The van der Waals surface area contributed by atoms with Gasteiger partial charge >= 0.3 is 5.97 Å². The first-order chi connectivity index (χ1) is 14.6. The molecular weight excluding hydrogens is 376 g/mol. The van der Waals surface area contributed by atoms with E-state index in [2.05, 4.69) is 47.5 Å². The molecule has 0 aliphatic carbocycles. The van der Waals surface area contributed by atoms with Gasteiger partial charge in [-0.2, -0.15) is 5.10 Å². The second-order valence-corrected chi connectivity index (χ2v) is 7.48. The highest BCUT2D eigenvalue weighted by Gasteiger charge is 2.11. The number of carboxylic acid groups (broad SMARTS) is 1. The zero-order valence-corrected chi connectivity index (χ0v) is 16.9. The predicted octanol–water partition coefficient (Wildman–Crippen LogP) is 5.18. The number of hydrogen-bond donors (Lipinski definition) is 2. The molecule has 30 heavy (non-hydrogen) atoms. The molecule has 0 fully saturated rings. The van der Waals surface area contributed by atoms with Gasteiger partial charge in [0.1, 0.15) is 5.75 Å². The highest BCUT2D eigenvalue weighted by Crippen LogP contribution is 2.33. The number of carbonyl (C=O) groups is 1. The van der Waals surface area contributed by atoms with Crippen LogP contribution in [0.2, 0.25) is 0 Å². The van der Waals surface area contributed by atoms with Gasteiger partial charge in [0, 0.05) is 23.8 Å². The molecule has 0 spiro atoms. The van der Waals surface area contributed by atoms with Crippen molar-refractivity contribution in [2.45, 2.75) is 26.2 Å². The van der Waals surface area contributed by atoms with E-state index in [1.807, 2.05) is 30.3 Å². The first kappa shape index (κ1) is 19.7. The summed E-state index contributed by atoms with van der Waals surface area (Å²) in [6.45, 7) is 2.65. The Hall–Kier alpha value is -3.60. The van der Waals surface area contributed by atoms with Crippen LogP contribution >= 0.6 is 0 Å². The van der Waals surface area contributed by atoms with Crippen molar-refractivity contribution >= 4 is 16.9 Å². The highest BCUT2D eigenvalue weighted by molar-refractivity contribution is 5.85. The Labute approximate surface area is 175 Å². The normalized spacial score (nSPS) is 11.0. The van der Waals surface area contributed by atoms with Crippen molar-refractivity contribution < 1.29 is 14.6 Å². The Balaban J connectivity index is 1.59. The van der Waals surface area contributed by atoms with Gasteiger partial charge in [-0.15, -0.1) is 0 Å². The quantitative estimate of drug-likeness (QED) is 0.427. The summed E-state index contributed by atoms with van der Waals surface area (Å²) < 4.78 is 6.16. The molecule has 1 heterocycles. The minimum absolute atomic E-state index is 0.105.